The van der Waals surface area contributed by atoms with Crippen LogP contribution < -0.4 is 16.8 Å². The fourth-order valence-corrected chi connectivity index (χ4v) is 1.94. The Hall–Kier alpha value is -1.26. The summed E-state index contributed by atoms with van der Waals surface area (Å²) in [4.78, 5) is 11.0. The minimum absolute atomic E-state index is 0.335. The normalized spacial score (nSPS) is 12.5. The van der Waals surface area contributed by atoms with Crippen molar-refractivity contribution in [3.8, 4) is 0 Å². The predicted octanol–water partition coefficient (Wildman–Crippen LogP) is 2.08. The molecule has 0 aliphatic carbocycles. The first-order chi connectivity index (χ1) is 8.45. The lowest BCUT2D eigenvalue weighted by atomic mass is 9.96. The van der Waals surface area contributed by atoms with Crippen LogP contribution in [0.2, 0.25) is 5.02 Å². The standard InChI is InChI=1S/C13H20ClN3O/c1-8(2)9(6-15)7-17-10-3-4-11(13(16)18)12(14)5-10/h3-5,8-9,17H,6-7,15H2,1-2H3,(H2,16,18). The second-order valence-corrected chi connectivity index (χ2v) is 5.09. The molecule has 1 aromatic rings. The number of hydrogen-bond donors (Lipinski definition) is 3. The van der Waals surface area contributed by atoms with Gasteiger partial charge >= 0.3 is 0 Å². The second-order valence-electron chi connectivity index (χ2n) is 4.68. The first kappa shape index (κ1) is 14.8. The smallest absolute Gasteiger partial charge is 0.250 e. The number of hydrogen-bond acceptors (Lipinski definition) is 3. The summed E-state index contributed by atoms with van der Waals surface area (Å²) in [6, 6.07) is 5.12. The fourth-order valence-electron chi connectivity index (χ4n) is 1.67. The number of halogens is 1. The van der Waals surface area contributed by atoms with E-state index in [-0.39, 0.29) is 0 Å². The van der Waals surface area contributed by atoms with Gasteiger partial charge in [-0.3, -0.25) is 4.79 Å². The van der Waals surface area contributed by atoms with Gasteiger partial charge in [0.25, 0.3) is 0 Å². The molecule has 5 N–H and O–H groups in total. The Morgan fingerprint density at radius 1 is 1.44 bits per heavy atom. The molecular weight excluding hydrogens is 250 g/mol. The Bertz CT molecular complexity index is 421. The third kappa shape index (κ3) is 3.89. The molecule has 0 radical (unpaired) electrons. The Labute approximate surface area is 113 Å². The lowest BCUT2D eigenvalue weighted by Crippen LogP contribution is -2.27. The van der Waals surface area contributed by atoms with E-state index < -0.39 is 5.91 Å². The summed E-state index contributed by atoms with van der Waals surface area (Å²) in [5.41, 5.74) is 12.1. The van der Waals surface area contributed by atoms with E-state index in [0.717, 1.165) is 12.2 Å². The molecule has 0 aliphatic rings. The van der Waals surface area contributed by atoms with Gasteiger partial charge in [0.2, 0.25) is 5.91 Å². The van der Waals surface area contributed by atoms with Crippen LogP contribution in [0.1, 0.15) is 24.2 Å². The van der Waals surface area contributed by atoms with Crippen LogP contribution in [0.5, 0.6) is 0 Å². The molecule has 100 valence electrons. The topological polar surface area (TPSA) is 81.1 Å². The third-order valence-electron chi connectivity index (χ3n) is 3.05. The van der Waals surface area contributed by atoms with Crippen LogP contribution in [0, 0.1) is 11.8 Å². The van der Waals surface area contributed by atoms with E-state index in [1.807, 2.05) is 0 Å². The van der Waals surface area contributed by atoms with Crippen molar-refractivity contribution >= 4 is 23.2 Å². The van der Waals surface area contributed by atoms with E-state index in [1.54, 1.807) is 18.2 Å². The highest BCUT2D eigenvalue weighted by Crippen LogP contribution is 2.21. The fraction of sp³-hybridized carbons (Fsp3) is 0.462. The Morgan fingerprint density at radius 3 is 2.56 bits per heavy atom. The molecular formula is C13H20ClN3O. The van der Waals surface area contributed by atoms with E-state index in [9.17, 15) is 4.79 Å². The summed E-state index contributed by atoms with van der Waals surface area (Å²) < 4.78 is 0. The van der Waals surface area contributed by atoms with Crippen molar-refractivity contribution in [1.82, 2.24) is 0 Å². The zero-order chi connectivity index (χ0) is 13.7. The molecule has 1 unspecified atom stereocenters. The molecule has 18 heavy (non-hydrogen) atoms. The van der Waals surface area contributed by atoms with Gasteiger partial charge in [-0.05, 0) is 36.6 Å². The van der Waals surface area contributed by atoms with Crippen molar-refractivity contribution in [2.24, 2.45) is 23.3 Å². The average molecular weight is 270 g/mol. The van der Waals surface area contributed by atoms with Crippen molar-refractivity contribution in [3.05, 3.63) is 28.8 Å². The Kier molecular flexibility index (Phi) is 5.44. The van der Waals surface area contributed by atoms with Crippen molar-refractivity contribution in [2.45, 2.75) is 13.8 Å². The largest absolute Gasteiger partial charge is 0.385 e. The molecule has 4 nitrogen and oxygen atoms in total. The zero-order valence-electron chi connectivity index (χ0n) is 10.7. The Morgan fingerprint density at radius 2 is 2.11 bits per heavy atom. The first-order valence-corrected chi connectivity index (χ1v) is 6.36. The van der Waals surface area contributed by atoms with Gasteiger partial charge in [0.05, 0.1) is 10.6 Å². The summed E-state index contributed by atoms with van der Waals surface area (Å²) in [6.07, 6.45) is 0. The van der Waals surface area contributed by atoms with Gasteiger partial charge < -0.3 is 16.8 Å². The quantitative estimate of drug-likeness (QED) is 0.740. The SMILES string of the molecule is CC(C)C(CN)CNc1ccc(C(N)=O)c(Cl)c1. The molecule has 0 aromatic heterocycles. The van der Waals surface area contributed by atoms with E-state index in [2.05, 4.69) is 19.2 Å². The molecule has 1 rings (SSSR count). The van der Waals surface area contributed by atoms with Crippen molar-refractivity contribution in [1.29, 1.82) is 0 Å². The van der Waals surface area contributed by atoms with Crippen LogP contribution >= 0.6 is 11.6 Å². The van der Waals surface area contributed by atoms with Gasteiger partial charge in [0, 0.05) is 12.2 Å². The summed E-state index contributed by atoms with van der Waals surface area (Å²) in [5.74, 6) is 0.399. The van der Waals surface area contributed by atoms with E-state index in [0.29, 0.717) is 29.0 Å². The number of anilines is 1. The first-order valence-electron chi connectivity index (χ1n) is 5.99. The maximum atomic E-state index is 11.0. The molecule has 1 atom stereocenters. The maximum absolute atomic E-state index is 11.0. The summed E-state index contributed by atoms with van der Waals surface area (Å²) in [7, 11) is 0. The van der Waals surface area contributed by atoms with Gasteiger partial charge in [-0.1, -0.05) is 25.4 Å². The monoisotopic (exact) mass is 269 g/mol. The lowest BCUT2D eigenvalue weighted by molar-refractivity contribution is 0.100. The number of benzene rings is 1. The van der Waals surface area contributed by atoms with E-state index >= 15 is 0 Å². The number of amides is 1. The highest BCUT2D eigenvalue weighted by atomic mass is 35.5. The van der Waals surface area contributed by atoms with Gasteiger partial charge in [-0.2, -0.15) is 0 Å². The molecule has 5 heteroatoms. The summed E-state index contributed by atoms with van der Waals surface area (Å²) >= 11 is 5.97. The molecule has 0 spiro atoms. The molecule has 0 fully saturated rings. The van der Waals surface area contributed by atoms with Crippen LogP contribution in [-0.4, -0.2) is 19.0 Å². The van der Waals surface area contributed by atoms with Crippen LogP contribution in [0.4, 0.5) is 5.69 Å². The van der Waals surface area contributed by atoms with Crippen molar-refractivity contribution < 1.29 is 4.79 Å². The lowest BCUT2D eigenvalue weighted by Gasteiger charge is -2.20. The Balaban J connectivity index is 2.69. The van der Waals surface area contributed by atoms with Gasteiger partial charge in [-0.15, -0.1) is 0 Å². The molecule has 0 saturated carbocycles. The number of carbonyl (C=O) groups excluding carboxylic acids is 1. The highest BCUT2D eigenvalue weighted by molar-refractivity contribution is 6.34. The number of rotatable bonds is 6. The molecule has 0 heterocycles. The van der Waals surface area contributed by atoms with Crippen LogP contribution in [0.25, 0.3) is 0 Å². The number of nitrogens with two attached hydrogens (primary N) is 2. The number of carbonyl (C=O) groups is 1. The van der Waals surface area contributed by atoms with Crippen molar-refractivity contribution in [2.75, 3.05) is 18.4 Å². The van der Waals surface area contributed by atoms with Crippen LogP contribution in [-0.2, 0) is 0 Å². The highest BCUT2D eigenvalue weighted by Gasteiger charge is 2.12. The zero-order valence-corrected chi connectivity index (χ0v) is 11.5. The number of primary amides is 1. The molecule has 0 saturated heterocycles. The average Bonchev–Trinajstić information content (AvgIpc) is 2.28. The second kappa shape index (κ2) is 6.61. The molecule has 0 aliphatic heterocycles. The molecule has 1 aromatic carbocycles. The minimum atomic E-state index is -0.520. The third-order valence-corrected chi connectivity index (χ3v) is 3.36. The van der Waals surface area contributed by atoms with Crippen LogP contribution in [0.15, 0.2) is 18.2 Å². The molecule has 1 amide bonds. The van der Waals surface area contributed by atoms with E-state index in [1.165, 1.54) is 0 Å². The van der Waals surface area contributed by atoms with Gasteiger partial charge in [-0.25, -0.2) is 0 Å². The van der Waals surface area contributed by atoms with Crippen molar-refractivity contribution in [3.63, 3.8) is 0 Å². The molecule has 0 bridgehead atoms. The summed E-state index contributed by atoms with van der Waals surface area (Å²) in [6.45, 7) is 5.70. The predicted molar refractivity (Wildman–Crippen MR) is 75.8 cm³/mol. The minimum Gasteiger partial charge on any atom is -0.385 e. The van der Waals surface area contributed by atoms with Crippen LogP contribution in [0.3, 0.4) is 0 Å². The summed E-state index contributed by atoms with van der Waals surface area (Å²) in [5, 5.41) is 3.63. The van der Waals surface area contributed by atoms with Gasteiger partial charge in [0.1, 0.15) is 0 Å². The van der Waals surface area contributed by atoms with Gasteiger partial charge in [0.15, 0.2) is 0 Å². The van der Waals surface area contributed by atoms with E-state index in [4.69, 9.17) is 23.1 Å². The maximum Gasteiger partial charge on any atom is 0.250 e. The number of nitrogens with one attached hydrogen (secondary N) is 1.